The van der Waals surface area contributed by atoms with Gasteiger partial charge in [-0.25, -0.2) is 4.39 Å². The van der Waals surface area contributed by atoms with E-state index in [1.165, 1.54) is 12.1 Å². The summed E-state index contributed by atoms with van der Waals surface area (Å²) in [4.78, 5) is 0. The molecule has 0 aliphatic carbocycles. The summed E-state index contributed by atoms with van der Waals surface area (Å²) in [7, 11) is 1.62. The highest BCUT2D eigenvalue weighted by Crippen LogP contribution is 2.28. The van der Waals surface area contributed by atoms with E-state index in [4.69, 9.17) is 10.5 Å². The van der Waals surface area contributed by atoms with Gasteiger partial charge in [0, 0.05) is 0 Å². The van der Waals surface area contributed by atoms with Crippen LogP contribution in [0.2, 0.25) is 0 Å². The van der Waals surface area contributed by atoms with Gasteiger partial charge in [-0.15, -0.1) is 0 Å². The summed E-state index contributed by atoms with van der Waals surface area (Å²) in [6.07, 6.45) is 0. The molecule has 0 saturated carbocycles. The number of halogens is 1. The SMILES string of the molecule is COc1cccc(C(C)(N)c2ccc(F)cc2)c1. The first-order valence-corrected chi connectivity index (χ1v) is 5.73. The lowest BCUT2D eigenvalue weighted by Crippen LogP contribution is -2.34. The van der Waals surface area contributed by atoms with Crippen molar-refractivity contribution in [1.29, 1.82) is 0 Å². The van der Waals surface area contributed by atoms with Crippen LogP contribution in [0.3, 0.4) is 0 Å². The molecule has 0 heterocycles. The van der Waals surface area contributed by atoms with E-state index >= 15 is 0 Å². The van der Waals surface area contributed by atoms with Gasteiger partial charge in [-0.05, 0) is 42.3 Å². The lowest BCUT2D eigenvalue weighted by molar-refractivity contribution is 0.413. The number of methoxy groups -OCH3 is 1. The lowest BCUT2D eigenvalue weighted by Gasteiger charge is -2.26. The lowest BCUT2D eigenvalue weighted by atomic mass is 9.85. The number of benzene rings is 2. The zero-order valence-corrected chi connectivity index (χ0v) is 10.5. The minimum atomic E-state index is -0.678. The third-order valence-corrected chi connectivity index (χ3v) is 3.11. The average molecular weight is 245 g/mol. The smallest absolute Gasteiger partial charge is 0.123 e. The van der Waals surface area contributed by atoms with Crippen molar-refractivity contribution in [2.24, 2.45) is 5.73 Å². The molecule has 0 radical (unpaired) electrons. The van der Waals surface area contributed by atoms with Gasteiger partial charge in [0.1, 0.15) is 11.6 Å². The van der Waals surface area contributed by atoms with Crippen molar-refractivity contribution in [3.05, 3.63) is 65.5 Å². The van der Waals surface area contributed by atoms with E-state index in [1.807, 2.05) is 31.2 Å². The first-order chi connectivity index (χ1) is 8.54. The Labute approximate surface area is 106 Å². The van der Waals surface area contributed by atoms with Crippen molar-refractivity contribution in [3.8, 4) is 5.75 Å². The predicted octanol–water partition coefficient (Wildman–Crippen LogP) is 3.06. The number of nitrogens with two attached hydrogens (primary N) is 1. The van der Waals surface area contributed by atoms with E-state index < -0.39 is 5.54 Å². The fourth-order valence-corrected chi connectivity index (χ4v) is 1.91. The molecule has 0 aliphatic rings. The van der Waals surface area contributed by atoms with Crippen molar-refractivity contribution >= 4 is 0 Å². The van der Waals surface area contributed by atoms with Crippen LogP contribution in [-0.2, 0) is 5.54 Å². The van der Waals surface area contributed by atoms with Gasteiger partial charge in [-0.1, -0.05) is 24.3 Å². The number of hydrogen-bond donors (Lipinski definition) is 1. The van der Waals surface area contributed by atoms with Crippen LogP contribution in [0, 0.1) is 5.82 Å². The molecule has 0 fully saturated rings. The number of ether oxygens (including phenoxy) is 1. The molecule has 0 saturated heterocycles. The molecule has 94 valence electrons. The highest BCUT2D eigenvalue weighted by atomic mass is 19.1. The molecule has 0 aromatic heterocycles. The summed E-state index contributed by atoms with van der Waals surface area (Å²) in [6, 6.07) is 13.8. The Bertz CT molecular complexity index is 534. The Morgan fingerprint density at radius 1 is 1.06 bits per heavy atom. The molecule has 0 amide bonds. The van der Waals surface area contributed by atoms with E-state index in [2.05, 4.69) is 0 Å². The van der Waals surface area contributed by atoms with Crippen LogP contribution in [0.1, 0.15) is 18.1 Å². The molecule has 2 N–H and O–H groups in total. The van der Waals surface area contributed by atoms with Crippen LogP contribution in [-0.4, -0.2) is 7.11 Å². The fourth-order valence-electron chi connectivity index (χ4n) is 1.91. The van der Waals surface area contributed by atoms with Crippen LogP contribution in [0.15, 0.2) is 48.5 Å². The average Bonchev–Trinajstić information content (AvgIpc) is 2.39. The molecule has 0 bridgehead atoms. The van der Waals surface area contributed by atoms with Gasteiger partial charge < -0.3 is 10.5 Å². The third kappa shape index (κ3) is 2.36. The molecular formula is C15H16FNO. The van der Waals surface area contributed by atoms with Crippen molar-refractivity contribution in [3.63, 3.8) is 0 Å². The molecule has 1 unspecified atom stereocenters. The predicted molar refractivity (Wildman–Crippen MR) is 70.0 cm³/mol. The number of rotatable bonds is 3. The molecule has 0 aliphatic heterocycles. The molecule has 1 atom stereocenters. The Morgan fingerprint density at radius 2 is 1.72 bits per heavy atom. The van der Waals surface area contributed by atoms with Gasteiger partial charge in [0.05, 0.1) is 12.6 Å². The van der Waals surface area contributed by atoms with Crippen molar-refractivity contribution in [1.82, 2.24) is 0 Å². The summed E-state index contributed by atoms with van der Waals surface area (Å²) in [6.45, 7) is 1.90. The molecular weight excluding hydrogens is 229 g/mol. The quantitative estimate of drug-likeness (QED) is 0.902. The minimum Gasteiger partial charge on any atom is -0.497 e. The van der Waals surface area contributed by atoms with E-state index in [0.29, 0.717) is 0 Å². The van der Waals surface area contributed by atoms with Crippen LogP contribution in [0.25, 0.3) is 0 Å². The van der Waals surface area contributed by atoms with Crippen molar-refractivity contribution in [2.45, 2.75) is 12.5 Å². The summed E-state index contributed by atoms with van der Waals surface area (Å²) >= 11 is 0. The zero-order valence-electron chi connectivity index (χ0n) is 10.5. The maximum Gasteiger partial charge on any atom is 0.123 e. The molecule has 2 aromatic rings. The second kappa shape index (κ2) is 4.78. The molecule has 2 nitrogen and oxygen atoms in total. The van der Waals surface area contributed by atoms with Gasteiger partial charge in [0.15, 0.2) is 0 Å². The maximum atomic E-state index is 12.9. The highest BCUT2D eigenvalue weighted by molar-refractivity contribution is 5.40. The van der Waals surface area contributed by atoms with Gasteiger partial charge in [0.25, 0.3) is 0 Å². The van der Waals surface area contributed by atoms with Gasteiger partial charge >= 0.3 is 0 Å². The zero-order chi connectivity index (χ0) is 13.2. The van der Waals surface area contributed by atoms with E-state index in [-0.39, 0.29) is 5.82 Å². The fraction of sp³-hybridized carbons (Fsp3) is 0.200. The largest absolute Gasteiger partial charge is 0.497 e. The molecule has 0 spiro atoms. The van der Waals surface area contributed by atoms with Gasteiger partial charge in [-0.2, -0.15) is 0 Å². The standard InChI is InChI=1S/C15H16FNO/c1-15(17,11-6-8-13(16)9-7-11)12-4-3-5-14(10-12)18-2/h3-10H,17H2,1-2H3. The van der Waals surface area contributed by atoms with Gasteiger partial charge in [-0.3, -0.25) is 0 Å². The van der Waals surface area contributed by atoms with E-state index in [9.17, 15) is 4.39 Å². The topological polar surface area (TPSA) is 35.2 Å². The summed E-state index contributed by atoms with van der Waals surface area (Å²) in [5, 5.41) is 0. The van der Waals surface area contributed by atoms with Crippen LogP contribution < -0.4 is 10.5 Å². The first-order valence-electron chi connectivity index (χ1n) is 5.73. The Hall–Kier alpha value is -1.87. The van der Waals surface area contributed by atoms with E-state index in [0.717, 1.165) is 16.9 Å². The van der Waals surface area contributed by atoms with Crippen LogP contribution in [0.4, 0.5) is 4.39 Å². The second-order valence-electron chi connectivity index (χ2n) is 4.44. The number of hydrogen-bond acceptors (Lipinski definition) is 2. The molecule has 2 aromatic carbocycles. The summed E-state index contributed by atoms with van der Waals surface area (Å²) < 4.78 is 18.1. The van der Waals surface area contributed by atoms with Crippen molar-refractivity contribution < 1.29 is 9.13 Å². The van der Waals surface area contributed by atoms with Crippen LogP contribution in [0.5, 0.6) is 5.75 Å². The Morgan fingerprint density at radius 3 is 2.33 bits per heavy atom. The normalized spacial score (nSPS) is 14.0. The van der Waals surface area contributed by atoms with E-state index in [1.54, 1.807) is 19.2 Å². The molecule has 18 heavy (non-hydrogen) atoms. The second-order valence-corrected chi connectivity index (χ2v) is 4.44. The Balaban J connectivity index is 2.43. The minimum absolute atomic E-state index is 0.264. The van der Waals surface area contributed by atoms with Crippen LogP contribution >= 0.6 is 0 Å². The van der Waals surface area contributed by atoms with Crippen molar-refractivity contribution in [2.75, 3.05) is 7.11 Å². The Kier molecular flexibility index (Phi) is 3.34. The maximum absolute atomic E-state index is 12.9. The van der Waals surface area contributed by atoms with Gasteiger partial charge in [0.2, 0.25) is 0 Å². The monoisotopic (exact) mass is 245 g/mol. The molecule has 2 rings (SSSR count). The first kappa shape index (κ1) is 12.6. The molecule has 3 heteroatoms. The third-order valence-electron chi connectivity index (χ3n) is 3.11. The summed E-state index contributed by atoms with van der Waals surface area (Å²) in [5.74, 6) is 0.492. The highest BCUT2D eigenvalue weighted by Gasteiger charge is 2.24. The summed E-state index contributed by atoms with van der Waals surface area (Å²) in [5.41, 5.74) is 7.46.